The summed E-state index contributed by atoms with van der Waals surface area (Å²) in [5, 5.41) is 21.6. The van der Waals surface area contributed by atoms with Crippen molar-refractivity contribution in [2.24, 2.45) is 7.05 Å². The molecule has 12 nitrogen and oxygen atoms in total. The molecule has 0 aliphatic carbocycles. The van der Waals surface area contributed by atoms with Crippen molar-refractivity contribution in [3.8, 4) is 22.9 Å². The highest BCUT2D eigenvalue weighted by Gasteiger charge is 2.44. The third-order valence-electron chi connectivity index (χ3n) is 7.17. The molecule has 2 aromatic heterocycles. The fourth-order valence-corrected chi connectivity index (χ4v) is 5.21. The van der Waals surface area contributed by atoms with Gasteiger partial charge in [-0.05, 0) is 53.7 Å². The van der Waals surface area contributed by atoms with Crippen LogP contribution < -0.4 is 14.8 Å². The molecule has 200 valence electrons. The number of rotatable bonds is 6. The SMILES string of the molecule is CCOc1cc(C(=O)N2CCC3(CC2)CC(=O)c2cc(Nc4ccn[nH]4)ccc2O3)cc(-c2nnnn2C)c1. The number of aryl methyl sites for hydroxylation is 1. The number of benzene rings is 2. The number of amides is 1. The second kappa shape index (κ2) is 9.86. The molecular formula is C27H28N8O4. The number of tetrazole rings is 1. The summed E-state index contributed by atoms with van der Waals surface area (Å²) in [6, 6.07) is 12.7. The Kier molecular flexibility index (Phi) is 6.21. The van der Waals surface area contributed by atoms with Crippen LogP contribution in [0.4, 0.5) is 11.5 Å². The molecule has 0 unspecified atom stereocenters. The minimum Gasteiger partial charge on any atom is -0.494 e. The van der Waals surface area contributed by atoms with E-state index in [1.165, 1.54) is 0 Å². The van der Waals surface area contributed by atoms with Gasteiger partial charge in [0.1, 0.15) is 22.9 Å². The molecular weight excluding hydrogens is 500 g/mol. The summed E-state index contributed by atoms with van der Waals surface area (Å²) in [6.45, 7) is 3.30. The third-order valence-corrected chi connectivity index (χ3v) is 7.17. The predicted octanol–water partition coefficient (Wildman–Crippen LogP) is 3.38. The molecule has 1 spiro atoms. The van der Waals surface area contributed by atoms with Crippen molar-refractivity contribution in [3.05, 3.63) is 59.8 Å². The minimum atomic E-state index is -0.623. The maximum absolute atomic E-state index is 13.6. The predicted molar refractivity (Wildman–Crippen MR) is 141 cm³/mol. The molecule has 0 atom stereocenters. The molecule has 0 saturated carbocycles. The Balaban J connectivity index is 1.17. The molecule has 1 amide bonds. The summed E-state index contributed by atoms with van der Waals surface area (Å²) < 4.78 is 13.7. The third kappa shape index (κ3) is 4.80. The normalized spacial score (nSPS) is 16.1. The molecule has 12 heteroatoms. The van der Waals surface area contributed by atoms with Crippen LogP contribution in [0.5, 0.6) is 11.5 Å². The van der Waals surface area contributed by atoms with Crippen LogP contribution in [0, 0.1) is 0 Å². The summed E-state index contributed by atoms with van der Waals surface area (Å²) in [4.78, 5) is 28.5. The number of fused-ring (bicyclic) bond motifs is 1. The van der Waals surface area contributed by atoms with Gasteiger partial charge < -0.3 is 19.7 Å². The van der Waals surface area contributed by atoms with Gasteiger partial charge in [-0.25, -0.2) is 4.68 Å². The zero-order valence-corrected chi connectivity index (χ0v) is 21.7. The van der Waals surface area contributed by atoms with Gasteiger partial charge in [-0.1, -0.05) is 0 Å². The number of aromatic nitrogens is 6. The number of H-pyrrole nitrogens is 1. The van der Waals surface area contributed by atoms with Gasteiger partial charge in [0.15, 0.2) is 11.6 Å². The molecule has 6 rings (SSSR count). The van der Waals surface area contributed by atoms with Crippen molar-refractivity contribution in [1.82, 2.24) is 35.3 Å². The fraction of sp³-hybridized carbons (Fsp3) is 0.333. The summed E-state index contributed by atoms with van der Waals surface area (Å²) in [5.41, 5.74) is 1.91. The average molecular weight is 529 g/mol. The van der Waals surface area contributed by atoms with Crippen molar-refractivity contribution in [2.75, 3.05) is 25.0 Å². The van der Waals surface area contributed by atoms with E-state index < -0.39 is 5.60 Å². The lowest BCUT2D eigenvalue weighted by Gasteiger charge is -2.44. The Morgan fingerprint density at radius 1 is 1.18 bits per heavy atom. The molecule has 2 aliphatic rings. The van der Waals surface area contributed by atoms with Crippen molar-refractivity contribution >= 4 is 23.2 Å². The summed E-state index contributed by atoms with van der Waals surface area (Å²) in [6.07, 6.45) is 3.05. The number of carbonyl (C=O) groups is 2. The van der Waals surface area contributed by atoms with Crippen LogP contribution in [-0.4, -0.2) is 72.3 Å². The maximum atomic E-state index is 13.6. The van der Waals surface area contributed by atoms with Crippen molar-refractivity contribution in [2.45, 2.75) is 31.8 Å². The Morgan fingerprint density at radius 3 is 2.74 bits per heavy atom. The summed E-state index contributed by atoms with van der Waals surface area (Å²) >= 11 is 0. The van der Waals surface area contributed by atoms with Crippen LogP contribution >= 0.6 is 0 Å². The lowest BCUT2D eigenvalue weighted by molar-refractivity contribution is -0.00570. The minimum absolute atomic E-state index is 0.0376. The van der Waals surface area contributed by atoms with E-state index in [0.717, 1.165) is 11.5 Å². The van der Waals surface area contributed by atoms with Crippen LogP contribution in [0.2, 0.25) is 0 Å². The van der Waals surface area contributed by atoms with E-state index in [2.05, 4.69) is 31.0 Å². The quantitative estimate of drug-likeness (QED) is 0.385. The zero-order valence-electron chi connectivity index (χ0n) is 21.7. The number of nitrogens with zero attached hydrogens (tertiary/aromatic N) is 6. The molecule has 0 radical (unpaired) electrons. The van der Waals surface area contributed by atoms with E-state index >= 15 is 0 Å². The molecule has 39 heavy (non-hydrogen) atoms. The number of likely N-dealkylation sites (tertiary alicyclic amines) is 1. The van der Waals surface area contributed by atoms with E-state index in [1.807, 2.05) is 31.2 Å². The van der Waals surface area contributed by atoms with Crippen LogP contribution in [-0.2, 0) is 7.05 Å². The Morgan fingerprint density at radius 2 is 2.03 bits per heavy atom. The van der Waals surface area contributed by atoms with Crippen molar-refractivity contribution in [1.29, 1.82) is 0 Å². The van der Waals surface area contributed by atoms with Gasteiger partial charge in [-0.2, -0.15) is 5.10 Å². The number of anilines is 2. The summed E-state index contributed by atoms with van der Waals surface area (Å²) in [5.74, 6) is 2.36. The number of carbonyl (C=O) groups excluding carboxylic acids is 2. The fourth-order valence-electron chi connectivity index (χ4n) is 5.21. The van der Waals surface area contributed by atoms with Crippen LogP contribution in [0.25, 0.3) is 11.4 Å². The Hall–Kier alpha value is -4.74. The largest absolute Gasteiger partial charge is 0.494 e. The lowest BCUT2D eigenvalue weighted by Crippen LogP contribution is -2.52. The maximum Gasteiger partial charge on any atom is 0.254 e. The standard InChI is InChI=1S/C27H28N8O4/c1-3-38-20-13-17(25-31-32-33-34(25)2)12-18(14-20)26(37)35-10-7-27(8-11-35)16-22(36)21-15-19(4-5-23(21)39-27)29-24-6-9-28-30-24/h4-6,9,12-15H,3,7-8,10-11,16H2,1-2H3,(H2,28,29,30). The van der Waals surface area contributed by atoms with Gasteiger partial charge >= 0.3 is 0 Å². The van der Waals surface area contributed by atoms with E-state index in [0.29, 0.717) is 66.6 Å². The molecule has 2 aliphatic heterocycles. The first-order valence-corrected chi connectivity index (χ1v) is 12.9. The molecule has 0 bridgehead atoms. The molecule has 2 N–H and O–H groups in total. The van der Waals surface area contributed by atoms with Gasteiger partial charge in [0.05, 0.1) is 24.8 Å². The van der Waals surface area contributed by atoms with E-state index in [1.54, 1.807) is 41.0 Å². The van der Waals surface area contributed by atoms with E-state index in [9.17, 15) is 9.59 Å². The second-order valence-corrected chi connectivity index (χ2v) is 9.79. The monoisotopic (exact) mass is 528 g/mol. The molecule has 1 saturated heterocycles. The first kappa shape index (κ1) is 24.6. The number of Topliss-reactive ketones (excluding diaryl/α,β-unsaturated/α-hetero) is 1. The van der Waals surface area contributed by atoms with Gasteiger partial charge in [0.25, 0.3) is 5.91 Å². The van der Waals surface area contributed by atoms with Gasteiger partial charge in [-0.3, -0.25) is 14.7 Å². The lowest BCUT2D eigenvalue weighted by atomic mass is 9.82. The van der Waals surface area contributed by atoms with Crippen LogP contribution in [0.15, 0.2) is 48.7 Å². The first-order valence-electron chi connectivity index (χ1n) is 12.9. The zero-order chi connectivity index (χ0) is 27.0. The first-order chi connectivity index (χ1) is 18.9. The van der Waals surface area contributed by atoms with Crippen molar-refractivity contribution in [3.63, 3.8) is 0 Å². The number of aromatic amines is 1. The van der Waals surface area contributed by atoms with Gasteiger partial charge in [0, 0.05) is 55.9 Å². The highest BCUT2D eigenvalue weighted by atomic mass is 16.5. The van der Waals surface area contributed by atoms with E-state index in [-0.39, 0.29) is 18.1 Å². The Labute approximate surface area is 224 Å². The summed E-state index contributed by atoms with van der Waals surface area (Å²) in [7, 11) is 1.74. The highest BCUT2D eigenvalue weighted by Crippen LogP contribution is 2.41. The molecule has 4 aromatic rings. The number of hydrogen-bond acceptors (Lipinski definition) is 9. The number of piperidine rings is 1. The molecule has 2 aromatic carbocycles. The Bertz CT molecular complexity index is 1520. The highest BCUT2D eigenvalue weighted by molar-refractivity contribution is 6.01. The number of nitrogens with one attached hydrogen (secondary N) is 2. The van der Waals surface area contributed by atoms with Crippen LogP contribution in [0.3, 0.4) is 0 Å². The van der Waals surface area contributed by atoms with E-state index in [4.69, 9.17) is 9.47 Å². The number of ketones is 1. The van der Waals surface area contributed by atoms with Gasteiger partial charge in [0.2, 0.25) is 0 Å². The van der Waals surface area contributed by atoms with Crippen LogP contribution in [0.1, 0.15) is 46.9 Å². The molecule has 4 heterocycles. The number of ether oxygens (including phenoxy) is 2. The topological polar surface area (TPSA) is 140 Å². The smallest absolute Gasteiger partial charge is 0.254 e. The van der Waals surface area contributed by atoms with Gasteiger partial charge in [-0.15, -0.1) is 5.10 Å². The number of hydrogen-bond donors (Lipinski definition) is 2. The second-order valence-electron chi connectivity index (χ2n) is 9.79. The van der Waals surface area contributed by atoms with Crippen molar-refractivity contribution < 1.29 is 19.1 Å². The molecule has 1 fully saturated rings. The average Bonchev–Trinajstić information content (AvgIpc) is 3.61.